The number of methoxy groups -OCH3 is 2. The molecule has 0 unspecified atom stereocenters. The fraction of sp³-hybridized carbons (Fsp3) is 0.222. The summed E-state index contributed by atoms with van der Waals surface area (Å²) in [7, 11) is -1.64. The summed E-state index contributed by atoms with van der Waals surface area (Å²) in [5, 5.41) is 0. The Kier molecular flexibility index (Phi) is 5.99. The van der Waals surface area contributed by atoms with E-state index in [4.69, 9.17) is 4.74 Å². The molecule has 0 amide bonds. The summed E-state index contributed by atoms with van der Waals surface area (Å²) in [5.74, 6) is -1.33. The van der Waals surface area contributed by atoms with E-state index in [1.54, 1.807) is 25.1 Å². The van der Waals surface area contributed by atoms with Gasteiger partial charge in [0.2, 0.25) is 0 Å². The summed E-state index contributed by atoms with van der Waals surface area (Å²) in [6.07, 6.45) is 0. The van der Waals surface area contributed by atoms with Crippen LogP contribution in [0.25, 0.3) is 0 Å². The van der Waals surface area contributed by atoms with E-state index in [9.17, 15) is 18.0 Å². The Hall–Kier alpha value is -2.87. The molecule has 0 saturated heterocycles. The molecule has 8 heteroatoms. The Morgan fingerprint density at radius 2 is 1.62 bits per heavy atom. The van der Waals surface area contributed by atoms with Crippen molar-refractivity contribution in [2.75, 3.05) is 25.1 Å². The zero-order valence-corrected chi connectivity index (χ0v) is 15.4. The molecular weight excluding hydrogens is 358 g/mol. The number of carbonyl (C=O) groups is 2. The van der Waals surface area contributed by atoms with Crippen LogP contribution >= 0.6 is 0 Å². The maximum atomic E-state index is 13.1. The highest BCUT2D eigenvalue weighted by Crippen LogP contribution is 2.29. The molecule has 7 nitrogen and oxygen atoms in total. The van der Waals surface area contributed by atoms with Crippen LogP contribution in [-0.2, 0) is 24.3 Å². The number of ether oxygens (including phenoxy) is 2. The lowest BCUT2D eigenvalue weighted by Gasteiger charge is -2.25. The molecule has 0 aromatic heterocycles. The summed E-state index contributed by atoms with van der Waals surface area (Å²) >= 11 is 0. The zero-order valence-electron chi connectivity index (χ0n) is 14.6. The van der Waals surface area contributed by atoms with Gasteiger partial charge in [-0.2, -0.15) is 0 Å². The Morgan fingerprint density at radius 3 is 2.19 bits per heavy atom. The van der Waals surface area contributed by atoms with Crippen LogP contribution in [0, 0.1) is 6.92 Å². The second-order valence-electron chi connectivity index (χ2n) is 5.34. The van der Waals surface area contributed by atoms with Crippen LogP contribution < -0.4 is 4.31 Å². The van der Waals surface area contributed by atoms with Crippen molar-refractivity contribution >= 4 is 27.6 Å². The van der Waals surface area contributed by atoms with Crippen LogP contribution in [0.2, 0.25) is 0 Å². The van der Waals surface area contributed by atoms with Crippen molar-refractivity contribution < 1.29 is 27.5 Å². The third-order valence-corrected chi connectivity index (χ3v) is 5.58. The summed E-state index contributed by atoms with van der Waals surface area (Å²) in [4.78, 5) is 23.8. The van der Waals surface area contributed by atoms with Gasteiger partial charge in [-0.05, 0) is 36.8 Å². The van der Waals surface area contributed by atoms with Crippen molar-refractivity contribution in [1.82, 2.24) is 0 Å². The second kappa shape index (κ2) is 8.01. The average Bonchev–Trinajstić information content (AvgIpc) is 2.66. The number of esters is 2. The van der Waals surface area contributed by atoms with E-state index in [1.807, 2.05) is 0 Å². The standard InChI is InChI=1S/C18H19NO6S/c1-13-15(18(21)25-3)10-7-11-16(13)19(12-17(20)24-2)26(22,23)14-8-5-4-6-9-14/h4-11H,12H2,1-3H3. The molecule has 0 saturated carbocycles. The summed E-state index contributed by atoms with van der Waals surface area (Å²) < 4.78 is 36.5. The molecule has 2 aromatic rings. The van der Waals surface area contributed by atoms with Gasteiger partial charge in [0.15, 0.2) is 0 Å². The Bertz CT molecular complexity index is 909. The molecule has 0 aliphatic rings. The number of hydrogen-bond acceptors (Lipinski definition) is 6. The first-order chi connectivity index (χ1) is 12.3. The minimum Gasteiger partial charge on any atom is -0.468 e. The minimum absolute atomic E-state index is 0.0202. The van der Waals surface area contributed by atoms with Crippen LogP contribution in [0.1, 0.15) is 15.9 Å². The minimum atomic E-state index is -4.05. The van der Waals surface area contributed by atoms with Gasteiger partial charge < -0.3 is 9.47 Å². The number of carbonyl (C=O) groups excluding carboxylic acids is 2. The third-order valence-electron chi connectivity index (χ3n) is 3.81. The summed E-state index contributed by atoms with van der Waals surface area (Å²) in [6.45, 7) is 1.06. The van der Waals surface area contributed by atoms with Crippen LogP contribution in [0.3, 0.4) is 0 Å². The molecule has 2 rings (SSSR count). The molecule has 0 aliphatic heterocycles. The van der Waals surface area contributed by atoms with Crippen LogP contribution in [0.4, 0.5) is 5.69 Å². The SMILES string of the molecule is COC(=O)CN(c1cccc(C(=O)OC)c1C)S(=O)(=O)c1ccccc1. The predicted molar refractivity (Wildman–Crippen MR) is 95.5 cm³/mol. The fourth-order valence-corrected chi connectivity index (χ4v) is 3.91. The van der Waals surface area contributed by atoms with Crippen LogP contribution in [0.5, 0.6) is 0 Å². The number of rotatable bonds is 6. The van der Waals surface area contributed by atoms with Gasteiger partial charge in [-0.15, -0.1) is 0 Å². The average molecular weight is 377 g/mol. The van der Waals surface area contributed by atoms with Gasteiger partial charge in [0.05, 0.1) is 30.4 Å². The number of hydrogen-bond donors (Lipinski definition) is 0. The molecule has 2 aromatic carbocycles. The first-order valence-electron chi connectivity index (χ1n) is 7.65. The molecule has 0 heterocycles. The normalized spacial score (nSPS) is 10.9. The van der Waals surface area contributed by atoms with E-state index < -0.39 is 28.5 Å². The van der Waals surface area contributed by atoms with Gasteiger partial charge in [-0.3, -0.25) is 9.10 Å². The molecule has 0 atom stereocenters. The molecule has 0 spiro atoms. The zero-order chi connectivity index (χ0) is 19.3. The quantitative estimate of drug-likeness (QED) is 0.717. The third kappa shape index (κ3) is 3.85. The number of nitrogens with zero attached hydrogens (tertiary/aromatic N) is 1. The largest absolute Gasteiger partial charge is 0.468 e. The van der Waals surface area contributed by atoms with Gasteiger partial charge in [0.1, 0.15) is 6.54 Å². The first-order valence-corrected chi connectivity index (χ1v) is 9.09. The van der Waals surface area contributed by atoms with Crippen molar-refractivity contribution in [1.29, 1.82) is 0 Å². The van der Waals surface area contributed by atoms with E-state index in [1.165, 1.54) is 44.6 Å². The van der Waals surface area contributed by atoms with Gasteiger partial charge in [0.25, 0.3) is 10.0 Å². The van der Waals surface area contributed by atoms with E-state index in [0.29, 0.717) is 5.56 Å². The highest BCUT2D eigenvalue weighted by atomic mass is 32.2. The molecule has 0 N–H and O–H groups in total. The van der Waals surface area contributed by atoms with Gasteiger partial charge >= 0.3 is 11.9 Å². The highest BCUT2D eigenvalue weighted by Gasteiger charge is 2.29. The molecule has 26 heavy (non-hydrogen) atoms. The second-order valence-corrected chi connectivity index (χ2v) is 7.20. The van der Waals surface area contributed by atoms with Crippen LogP contribution in [0.15, 0.2) is 53.4 Å². The Balaban J connectivity index is 2.64. The van der Waals surface area contributed by atoms with Gasteiger partial charge in [-0.1, -0.05) is 24.3 Å². The van der Waals surface area contributed by atoms with Crippen molar-refractivity contribution in [2.45, 2.75) is 11.8 Å². The van der Waals surface area contributed by atoms with Crippen LogP contribution in [-0.4, -0.2) is 41.1 Å². The monoisotopic (exact) mass is 377 g/mol. The van der Waals surface area contributed by atoms with E-state index in [2.05, 4.69) is 4.74 Å². The molecule has 0 bridgehead atoms. The lowest BCUT2D eigenvalue weighted by molar-refractivity contribution is -0.138. The van der Waals surface area contributed by atoms with Crippen molar-refractivity contribution in [3.8, 4) is 0 Å². The summed E-state index contributed by atoms with van der Waals surface area (Å²) in [5.41, 5.74) is 0.785. The predicted octanol–water partition coefficient (Wildman–Crippen LogP) is 2.15. The van der Waals surface area contributed by atoms with E-state index >= 15 is 0 Å². The molecular formula is C18H19NO6S. The first kappa shape index (κ1) is 19.5. The smallest absolute Gasteiger partial charge is 0.338 e. The van der Waals surface area contributed by atoms with Crippen molar-refractivity contribution in [2.24, 2.45) is 0 Å². The molecule has 0 radical (unpaired) electrons. The Labute approximate surface area is 152 Å². The van der Waals surface area contributed by atoms with E-state index in [0.717, 1.165) is 4.31 Å². The Morgan fingerprint density at radius 1 is 0.962 bits per heavy atom. The number of benzene rings is 2. The number of anilines is 1. The molecule has 0 fully saturated rings. The fourth-order valence-electron chi connectivity index (χ4n) is 2.43. The lowest BCUT2D eigenvalue weighted by Crippen LogP contribution is -2.37. The summed E-state index contributed by atoms with van der Waals surface area (Å²) in [6, 6.07) is 12.3. The van der Waals surface area contributed by atoms with Gasteiger partial charge in [0, 0.05) is 0 Å². The topological polar surface area (TPSA) is 90.0 Å². The van der Waals surface area contributed by atoms with Gasteiger partial charge in [-0.25, -0.2) is 13.2 Å². The molecule has 138 valence electrons. The van der Waals surface area contributed by atoms with E-state index in [-0.39, 0.29) is 16.1 Å². The highest BCUT2D eigenvalue weighted by molar-refractivity contribution is 7.92. The maximum absolute atomic E-state index is 13.1. The molecule has 0 aliphatic carbocycles. The van der Waals surface area contributed by atoms with Crippen molar-refractivity contribution in [3.05, 3.63) is 59.7 Å². The van der Waals surface area contributed by atoms with Crippen molar-refractivity contribution in [3.63, 3.8) is 0 Å². The lowest BCUT2D eigenvalue weighted by atomic mass is 10.1. The maximum Gasteiger partial charge on any atom is 0.338 e. The number of sulfonamides is 1.